The molecule has 0 fully saturated rings. The summed E-state index contributed by atoms with van der Waals surface area (Å²) in [6.45, 7) is 2.23. The summed E-state index contributed by atoms with van der Waals surface area (Å²) in [6, 6.07) is 7.40. The van der Waals surface area contributed by atoms with Gasteiger partial charge in [-0.25, -0.2) is 8.42 Å². The second-order valence-corrected chi connectivity index (χ2v) is 6.62. The predicted octanol–water partition coefficient (Wildman–Crippen LogP) is 1.26. The van der Waals surface area contributed by atoms with Crippen molar-refractivity contribution in [2.45, 2.75) is 24.8 Å². The summed E-state index contributed by atoms with van der Waals surface area (Å²) in [5, 5.41) is 12.8. The molecule has 0 aliphatic carbocycles. The molecule has 0 aliphatic rings. The molecule has 1 aromatic carbocycles. The zero-order chi connectivity index (χ0) is 15.5. The Morgan fingerprint density at radius 1 is 1.29 bits per heavy atom. The lowest BCUT2D eigenvalue weighted by molar-refractivity contribution is 0.269. The third-order valence-corrected chi connectivity index (χ3v) is 5.04. The number of anilines is 1. The molecule has 2 rings (SSSR count). The molecule has 6 nitrogen and oxygen atoms in total. The number of sulfonamides is 1. The van der Waals surface area contributed by atoms with E-state index >= 15 is 0 Å². The monoisotopic (exact) mass is 309 g/mol. The Bertz CT molecular complexity index is 693. The van der Waals surface area contributed by atoms with Crippen LogP contribution in [0.1, 0.15) is 12.5 Å². The summed E-state index contributed by atoms with van der Waals surface area (Å²) in [7, 11) is -2.13. The van der Waals surface area contributed by atoms with Crippen LogP contribution in [0, 0.1) is 0 Å². The van der Waals surface area contributed by atoms with E-state index in [4.69, 9.17) is 5.11 Å². The Labute approximate surface area is 124 Å². The number of aryl methyl sites for hydroxylation is 1. The molecule has 2 aromatic rings. The molecule has 0 atom stereocenters. The number of nitrogens with zero attached hydrogens (tertiary/aromatic N) is 3. The van der Waals surface area contributed by atoms with E-state index in [1.807, 2.05) is 19.1 Å². The van der Waals surface area contributed by atoms with Crippen molar-refractivity contribution in [3.05, 3.63) is 42.2 Å². The zero-order valence-electron chi connectivity index (χ0n) is 12.1. The highest BCUT2D eigenvalue weighted by Gasteiger charge is 2.23. The number of hydrogen-bond acceptors (Lipinski definition) is 4. The summed E-state index contributed by atoms with van der Waals surface area (Å²) in [6.07, 6.45) is 3.62. The maximum absolute atomic E-state index is 12.5. The van der Waals surface area contributed by atoms with Gasteiger partial charge in [0, 0.05) is 13.2 Å². The first-order chi connectivity index (χ1) is 9.98. The van der Waals surface area contributed by atoms with Crippen LogP contribution in [0.5, 0.6) is 0 Å². The van der Waals surface area contributed by atoms with Crippen molar-refractivity contribution in [3.63, 3.8) is 0 Å². The molecule has 0 spiro atoms. The van der Waals surface area contributed by atoms with Gasteiger partial charge in [0.1, 0.15) is 4.90 Å². The Balaban J connectivity index is 2.28. The van der Waals surface area contributed by atoms with Crippen LogP contribution in [0.4, 0.5) is 5.69 Å². The van der Waals surface area contributed by atoms with Crippen LogP contribution in [0.25, 0.3) is 0 Å². The lowest BCUT2D eigenvalue weighted by Crippen LogP contribution is -2.26. The van der Waals surface area contributed by atoms with E-state index < -0.39 is 10.0 Å². The highest BCUT2D eigenvalue weighted by Crippen LogP contribution is 2.22. The van der Waals surface area contributed by atoms with Gasteiger partial charge in [0.15, 0.2) is 0 Å². The standard InChI is InChI=1S/C14H19N3O3S/c1-3-12-4-6-13(7-5-12)16(2)21(19,20)14-10-15-17(11-14)8-9-18/h4-7,10-11,18H,3,8-9H2,1-2H3. The number of aliphatic hydroxyl groups excluding tert-OH is 1. The summed E-state index contributed by atoms with van der Waals surface area (Å²) in [5.74, 6) is 0. The van der Waals surface area contributed by atoms with Gasteiger partial charge in [0.05, 0.1) is 25.0 Å². The van der Waals surface area contributed by atoms with Crippen molar-refractivity contribution >= 4 is 15.7 Å². The molecule has 7 heteroatoms. The van der Waals surface area contributed by atoms with Crippen LogP contribution in [-0.2, 0) is 23.0 Å². The number of aliphatic hydroxyl groups is 1. The average molecular weight is 309 g/mol. The fourth-order valence-corrected chi connectivity index (χ4v) is 3.09. The van der Waals surface area contributed by atoms with Crippen molar-refractivity contribution in [3.8, 4) is 0 Å². The van der Waals surface area contributed by atoms with Gasteiger partial charge in [0.2, 0.25) is 0 Å². The molecule has 0 aliphatic heterocycles. The van der Waals surface area contributed by atoms with E-state index in [9.17, 15) is 8.42 Å². The highest BCUT2D eigenvalue weighted by atomic mass is 32.2. The molecule has 1 heterocycles. The molecule has 0 unspecified atom stereocenters. The van der Waals surface area contributed by atoms with Gasteiger partial charge in [-0.05, 0) is 24.1 Å². The smallest absolute Gasteiger partial charge is 0.267 e. The number of benzene rings is 1. The Kier molecular flexibility index (Phi) is 4.64. The normalized spacial score (nSPS) is 11.6. The minimum atomic E-state index is -3.64. The van der Waals surface area contributed by atoms with Gasteiger partial charge in [-0.2, -0.15) is 5.10 Å². The van der Waals surface area contributed by atoms with E-state index in [1.165, 1.54) is 28.4 Å². The summed E-state index contributed by atoms with van der Waals surface area (Å²) in [4.78, 5) is 0.109. The quantitative estimate of drug-likeness (QED) is 0.872. The minimum absolute atomic E-state index is 0.0878. The Morgan fingerprint density at radius 3 is 2.52 bits per heavy atom. The molecule has 114 valence electrons. The summed E-state index contributed by atoms with van der Waals surface area (Å²) < 4.78 is 27.7. The van der Waals surface area contributed by atoms with Crippen molar-refractivity contribution in [2.24, 2.45) is 0 Å². The fourth-order valence-electron chi connectivity index (χ4n) is 1.94. The van der Waals surface area contributed by atoms with Gasteiger partial charge < -0.3 is 5.11 Å². The third kappa shape index (κ3) is 3.25. The van der Waals surface area contributed by atoms with Crippen LogP contribution >= 0.6 is 0 Å². The molecule has 21 heavy (non-hydrogen) atoms. The maximum Gasteiger partial charge on any atom is 0.267 e. The molecule has 0 saturated heterocycles. The second-order valence-electron chi connectivity index (χ2n) is 4.66. The zero-order valence-corrected chi connectivity index (χ0v) is 12.9. The van der Waals surface area contributed by atoms with Crippen LogP contribution in [0.3, 0.4) is 0 Å². The lowest BCUT2D eigenvalue weighted by Gasteiger charge is -2.18. The van der Waals surface area contributed by atoms with Crippen molar-refractivity contribution in [2.75, 3.05) is 18.0 Å². The van der Waals surface area contributed by atoms with Crippen LogP contribution < -0.4 is 4.31 Å². The van der Waals surface area contributed by atoms with Crippen molar-refractivity contribution in [1.29, 1.82) is 0 Å². The van der Waals surface area contributed by atoms with E-state index in [0.29, 0.717) is 5.69 Å². The van der Waals surface area contributed by atoms with Gasteiger partial charge in [-0.15, -0.1) is 0 Å². The largest absolute Gasteiger partial charge is 0.394 e. The first-order valence-corrected chi connectivity index (χ1v) is 8.14. The third-order valence-electron chi connectivity index (χ3n) is 3.31. The molecule has 0 bridgehead atoms. The molecular weight excluding hydrogens is 290 g/mol. The Morgan fingerprint density at radius 2 is 1.95 bits per heavy atom. The summed E-state index contributed by atoms with van der Waals surface area (Å²) in [5.41, 5.74) is 1.75. The van der Waals surface area contributed by atoms with Crippen molar-refractivity contribution < 1.29 is 13.5 Å². The molecule has 0 saturated carbocycles. The molecule has 0 amide bonds. The van der Waals surface area contributed by atoms with Crippen molar-refractivity contribution in [1.82, 2.24) is 9.78 Å². The van der Waals surface area contributed by atoms with E-state index in [2.05, 4.69) is 5.10 Å². The molecule has 1 aromatic heterocycles. The van der Waals surface area contributed by atoms with E-state index in [1.54, 1.807) is 12.1 Å². The minimum Gasteiger partial charge on any atom is -0.394 e. The van der Waals surface area contributed by atoms with E-state index in [-0.39, 0.29) is 18.0 Å². The molecule has 0 radical (unpaired) electrons. The van der Waals surface area contributed by atoms with Gasteiger partial charge in [-0.3, -0.25) is 8.99 Å². The van der Waals surface area contributed by atoms with Crippen LogP contribution in [-0.4, -0.2) is 37.0 Å². The molecule has 1 N–H and O–H groups in total. The van der Waals surface area contributed by atoms with Crippen LogP contribution in [0.15, 0.2) is 41.6 Å². The number of aromatic nitrogens is 2. The fraction of sp³-hybridized carbons (Fsp3) is 0.357. The van der Waals surface area contributed by atoms with Gasteiger partial charge in [0.25, 0.3) is 10.0 Å². The van der Waals surface area contributed by atoms with Gasteiger partial charge in [-0.1, -0.05) is 19.1 Å². The number of rotatable bonds is 6. The highest BCUT2D eigenvalue weighted by molar-refractivity contribution is 7.92. The second kappa shape index (κ2) is 6.28. The summed E-state index contributed by atoms with van der Waals surface area (Å²) >= 11 is 0. The Hall–Kier alpha value is -1.86. The first-order valence-electron chi connectivity index (χ1n) is 6.70. The maximum atomic E-state index is 12.5. The van der Waals surface area contributed by atoms with Gasteiger partial charge >= 0.3 is 0 Å². The first kappa shape index (κ1) is 15.5. The molecular formula is C14H19N3O3S. The topological polar surface area (TPSA) is 75.4 Å². The predicted molar refractivity (Wildman–Crippen MR) is 80.7 cm³/mol. The number of hydrogen-bond donors (Lipinski definition) is 1. The van der Waals surface area contributed by atoms with Crippen LogP contribution in [0.2, 0.25) is 0 Å². The SMILES string of the molecule is CCc1ccc(N(C)S(=O)(=O)c2cnn(CCO)c2)cc1. The average Bonchev–Trinajstić information content (AvgIpc) is 2.96. The lowest BCUT2D eigenvalue weighted by atomic mass is 10.1. The van der Waals surface area contributed by atoms with E-state index in [0.717, 1.165) is 12.0 Å².